The summed E-state index contributed by atoms with van der Waals surface area (Å²) in [6.07, 6.45) is 2.78. The summed E-state index contributed by atoms with van der Waals surface area (Å²) >= 11 is 0. The highest BCUT2D eigenvalue weighted by Gasteiger charge is 2.35. The number of anilines is 1. The van der Waals surface area contributed by atoms with Crippen LogP contribution in [-0.2, 0) is 16.3 Å². The van der Waals surface area contributed by atoms with Crippen molar-refractivity contribution >= 4 is 15.5 Å². The molecule has 0 radical (unpaired) electrons. The normalized spacial score (nSPS) is 21.2. The van der Waals surface area contributed by atoms with Gasteiger partial charge in [0.25, 0.3) is 0 Å². The largest absolute Gasteiger partial charge is 0.368 e. The number of fused-ring (bicyclic) bond motifs is 1. The minimum atomic E-state index is -3.38. The fourth-order valence-electron chi connectivity index (χ4n) is 3.85. The lowest BCUT2D eigenvalue weighted by atomic mass is 9.86. The second kappa shape index (κ2) is 6.22. The maximum atomic E-state index is 12.9. The molecular weight excluding hydrogens is 320 g/mol. The first-order valence-corrected chi connectivity index (χ1v) is 10.1. The van der Waals surface area contributed by atoms with E-state index in [9.17, 15) is 8.42 Å². The molecule has 1 fully saturated rings. The molecule has 0 aromatic heterocycles. The lowest BCUT2D eigenvalue weighted by molar-refractivity contribution is 0.458. The summed E-state index contributed by atoms with van der Waals surface area (Å²) in [7, 11) is -3.38. The maximum absolute atomic E-state index is 12.9. The van der Waals surface area contributed by atoms with Crippen molar-refractivity contribution in [2.24, 2.45) is 0 Å². The molecule has 4 nitrogen and oxygen atoms in total. The molecule has 2 aromatic rings. The van der Waals surface area contributed by atoms with Crippen molar-refractivity contribution in [1.29, 1.82) is 0 Å². The molecule has 2 N–H and O–H groups in total. The van der Waals surface area contributed by atoms with Crippen LogP contribution in [-0.4, -0.2) is 26.9 Å². The van der Waals surface area contributed by atoms with Crippen molar-refractivity contribution in [3.8, 4) is 0 Å². The van der Waals surface area contributed by atoms with Crippen molar-refractivity contribution in [1.82, 2.24) is 5.32 Å². The predicted octanol–water partition coefficient (Wildman–Crippen LogP) is 2.92. The summed E-state index contributed by atoms with van der Waals surface area (Å²) in [5.41, 5.74) is 3.50. The third kappa shape index (κ3) is 2.72. The molecule has 2 heterocycles. The molecule has 0 amide bonds. The fraction of sp³-hybridized carbons (Fsp3) is 0.368. The summed E-state index contributed by atoms with van der Waals surface area (Å²) in [5, 5.41) is 6.07. The maximum Gasteiger partial charge on any atom is 0.199 e. The Hall–Kier alpha value is -1.85. The van der Waals surface area contributed by atoms with Gasteiger partial charge in [-0.15, -0.1) is 0 Å². The number of hydrogen-bond donors (Lipinski definition) is 2. The smallest absolute Gasteiger partial charge is 0.199 e. The Kier molecular flexibility index (Phi) is 4.06. The monoisotopic (exact) mass is 342 g/mol. The molecule has 2 aromatic carbocycles. The van der Waals surface area contributed by atoms with Crippen molar-refractivity contribution in [2.45, 2.75) is 35.4 Å². The van der Waals surface area contributed by atoms with Gasteiger partial charge in [-0.25, -0.2) is 8.42 Å². The van der Waals surface area contributed by atoms with Crippen LogP contribution in [0.15, 0.2) is 53.4 Å². The van der Waals surface area contributed by atoms with Gasteiger partial charge < -0.3 is 10.6 Å². The number of nitrogens with one attached hydrogen (secondary N) is 2. The summed E-state index contributed by atoms with van der Waals surface area (Å²) in [4.78, 5) is 0.388. The molecule has 0 saturated carbocycles. The SMILES string of the molecule is O=S(=O)(c1ccccc1)C1Cc2c(cccc2C2CCNCC2)N1. The highest BCUT2D eigenvalue weighted by molar-refractivity contribution is 7.92. The molecule has 5 heteroatoms. The van der Waals surface area contributed by atoms with Crippen LogP contribution in [0, 0.1) is 0 Å². The minimum absolute atomic E-state index is 0.388. The summed E-state index contributed by atoms with van der Waals surface area (Å²) in [6.45, 7) is 2.07. The van der Waals surface area contributed by atoms with Gasteiger partial charge in [-0.05, 0) is 61.2 Å². The van der Waals surface area contributed by atoms with Crippen LogP contribution in [0.3, 0.4) is 0 Å². The minimum Gasteiger partial charge on any atom is -0.368 e. The van der Waals surface area contributed by atoms with Crippen molar-refractivity contribution < 1.29 is 8.42 Å². The molecule has 1 saturated heterocycles. The predicted molar refractivity (Wildman–Crippen MR) is 96.0 cm³/mol. The fourth-order valence-corrected chi connectivity index (χ4v) is 5.39. The molecule has 0 aliphatic carbocycles. The molecule has 1 atom stereocenters. The molecule has 24 heavy (non-hydrogen) atoms. The zero-order chi connectivity index (χ0) is 16.6. The highest BCUT2D eigenvalue weighted by atomic mass is 32.2. The van der Waals surface area contributed by atoms with Gasteiger partial charge in [-0.1, -0.05) is 30.3 Å². The molecule has 0 bridgehead atoms. The topological polar surface area (TPSA) is 58.2 Å². The second-order valence-corrected chi connectivity index (χ2v) is 8.72. The lowest BCUT2D eigenvalue weighted by Crippen LogP contribution is -2.28. The Bertz CT molecular complexity index is 828. The molecule has 2 aliphatic heterocycles. The van der Waals surface area contributed by atoms with Crippen LogP contribution in [0.1, 0.15) is 29.9 Å². The molecular formula is C19H22N2O2S. The number of rotatable bonds is 3. The van der Waals surface area contributed by atoms with E-state index in [-0.39, 0.29) is 0 Å². The van der Waals surface area contributed by atoms with E-state index >= 15 is 0 Å². The van der Waals surface area contributed by atoms with Gasteiger partial charge in [-0.2, -0.15) is 0 Å². The van der Waals surface area contributed by atoms with Gasteiger partial charge in [0, 0.05) is 12.1 Å². The van der Waals surface area contributed by atoms with Gasteiger partial charge in [0.1, 0.15) is 5.37 Å². The first-order valence-electron chi connectivity index (χ1n) is 8.54. The van der Waals surface area contributed by atoms with Gasteiger partial charge in [-0.3, -0.25) is 0 Å². The molecule has 126 valence electrons. The third-order valence-electron chi connectivity index (χ3n) is 5.14. The van der Waals surface area contributed by atoms with E-state index < -0.39 is 15.2 Å². The van der Waals surface area contributed by atoms with Gasteiger partial charge in [0.2, 0.25) is 0 Å². The average Bonchev–Trinajstić information content (AvgIpc) is 3.08. The number of sulfone groups is 1. The van der Waals surface area contributed by atoms with Crippen LogP contribution in [0.25, 0.3) is 0 Å². The van der Waals surface area contributed by atoms with E-state index in [0.717, 1.165) is 31.6 Å². The average molecular weight is 342 g/mol. The lowest BCUT2D eigenvalue weighted by Gasteiger charge is -2.24. The van der Waals surface area contributed by atoms with Crippen LogP contribution < -0.4 is 10.6 Å². The van der Waals surface area contributed by atoms with Crippen LogP contribution >= 0.6 is 0 Å². The van der Waals surface area contributed by atoms with E-state index in [1.807, 2.05) is 18.2 Å². The third-order valence-corrected chi connectivity index (χ3v) is 7.11. The van der Waals surface area contributed by atoms with E-state index in [2.05, 4.69) is 16.7 Å². The Morgan fingerprint density at radius 3 is 2.42 bits per heavy atom. The van der Waals surface area contributed by atoms with Gasteiger partial charge in [0.05, 0.1) is 4.90 Å². The van der Waals surface area contributed by atoms with Crippen LogP contribution in [0.4, 0.5) is 5.69 Å². The summed E-state index contributed by atoms with van der Waals surface area (Å²) in [6, 6.07) is 15.0. The second-order valence-electron chi connectivity index (χ2n) is 6.59. The molecule has 0 spiro atoms. The summed E-state index contributed by atoms with van der Waals surface area (Å²) in [5.74, 6) is 0.529. The van der Waals surface area contributed by atoms with Crippen molar-refractivity contribution in [3.05, 3.63) is 59.7 Å². The summed E-state index contributed by atoms with van der Waals surface area (Å²) < 4.78 is 25.8. The molecule has 1 unspecified atom stereocenters. The van der Waals surface area contributed by atoms with E-state index in [1.54, 1.807) is 24.3 Å². The van der Waals surface area contributed by atoms with Crippen LogP contribution in [0.5, 0.6) is 0 Å². The van der Waals surface area contributed by atoms with Crippen molar-refractivity contribution in [2.75, 3.05) is 18.4 Å². The molecule has 2 aliphatic rings. The quantitative estimate of drug-likeness (QED) is 0.900. The Balaban J connectivity index is 1.65. The standard InChI is InChI=1S/C19H22N2O2S/c22-24(23,15-5-2-1-3-6-15)19-13-17-16(7-4-8-18(17)21-19)14-9-11-20-12-10-14/h1-8,14,19-21H,9-13H2. The van der Waals surface area contributed by atoms with Crippen LogP contribution in [0.2, 0.25) is 0 Å². The Morgan fingerprint density at radius 2 is 1.67 bits per heavy atom. The zero-order valence-corrected chi connectivity index (χ0v) is 14.4. The van der Waals surface area contributed by atoms with E-state index in [0.29, 0.717) is 17.2 Å². The first-order chi connectivity index (χ1) is 11.7. The Labute approximate surface area is 143 Å². The number of piperidine rings is 1. The molecule has 4 rings (SSSR count). The highest BCUT2D eigenvalue weighted by Crippen LogP contribution is 2.38. The van der Waals surface area contributed by atoms with Crippen molar-refractivity contribution in [3.63, 3.8) is 0 Å². The first kappa shape index (κ1) is 15.7. The van der Waals surface area contributed by atoms with Gasteiger partial charge in [0.15, 0.2) is 9.84 Å². The Morgan fingerprint density at radius 1 is 0.917 bits per heavy atom. The zero-order valence-electron chi connectivity index (χ0n) is 13.5. The van der Waals surface area contributed by atoms with E-state index in [1.165, 1.54) is 11.1 Å². The number of benzene rings is 2. The van der Waals surface area contributed by atoms with E-state index in [4.69, 9.17) is 0 Å². The number of hydrogen-bond acceptors (Lipinski definition) is 4. The van der Waals surface area contributed by atoms with Gasteiger partial charge >= 0.3 is 0 Å².